The second kappa shape index (κ2) is 6.83. The number of nitrogens with zero attached hydrogens (tertiary/aromatic N) is 2. The molecule has 1 unspecified atom stereocenters. The summed E-state index contributed by atoms with van der Waals surface area (Å²) in [5, 5.41) is 17.4. The largest absolute Gasteiger partial charge is 0.387 e. The second-order valence-corrected chi connectivity index (χ2v) is 6.67. The molecule has 1 heterocycles. The van der Waals surface area contributed by atoms with Crippen LogP contribution in [0.25, 0.3) is 0 Å². The topological polar surface area (TPSA) is 67.2 Å². The molecule has 0 aliphatic rings. The minimum atomic E-state index is -0.943. The van der Waals surface area contributed by atoms with Gasteiger partial charge in [-0.15, -0.1) is 0 Å². The number of nitrogens with one attached hydrogen (secondary N) is 1. The van der Waals surface area contributed by atoms with Crippen molar-refractivity contribution in [3.8, 4) is 0 Å². The van der Waals surface area contributed by atoms with E-state index in [9.17, 15) is 9.90 Å². The zero-order valence-corrected chi connectivity index (χ0v) is 14.1. The fraction of sp³-hybridized carbons (Fsp3) is 0.692. The maximum absolute atomic E-state index is 12.3. The predicted octanol–water partition coefficient (Wildman–Crippen LogP) is 2.04. The Morgan fingerprint density at radius 1 is 1.60 bits per heavy atom. The van der Waals surface area contributed by atoms with Gasteiger partial charge in [0.2, 0.25) is 0 Å². The standard InChI is InChI=1S/C13H22ClN3O2S/c1-8(2)10-9(11(14)17(4)16-10)12(18)15-6-13(3,19)7-20-5/h8,19H,6-7H2,1-5H3,(H,15,18). The molecular formula is C13H22ClN3O2S. The Hall–Kier alpha value is -0.720. The summed E-state index contributed by atoms with van der Waals surface area (Å²) in [5.74, 6) is 0.347. The number of carbonyl (C=O) groups is 1. The number of halogens is 1. The monoisotopic (exact) mass is 319 g/mol. The number of aromatic nitrogens is 2. The van der Waals surface area contributed by atoms with Gasteiger partial charge in [-0.1, -0.05) is 25.4 Å². The van der Waals surface area contributed by atoms with Gasteiger partial charge < -0.3 is 10.4 Å². The highest BCUT2D eigenvalue weighted by atomic mass is 35.5. The van der Waals surface area contributed by atoms with Gasteiger partial charge in [-0.25, -0.2) is 0 Å². The Morgan fingerprint density at radius 2 is 2.20 bits per heavy atom. The van der Waals surface area contributed by atoms with E-state index in [0.29, 0.717) is 22.2 Å². The smallest absolute Gasteiger partial charge is 0.256 e. The van der Waals surface area contributed by atoms with Gasteiger partial charge in [0.1, 0.15) is 5.15 Å². The zero-order chi connectivity index (χ0) is 15.5. The molecule has 0 radical (unpaired) electrons. The van der Waals surface area contributed by atoms with Crippen LogP contribution in [0.5, 0.6) is 0 Å². The first kappa shape index (κ1) is 17.3. The molecule has 1 amide bonds. The van der Waals surface area contributed by atoms with Gasteiger partial charge in [0, 0.05) is 19.3 Å². The summed E-state index contributed by atoms with van der Waals surface area (Å²) in [6.07, 6.45) is 1.91. The molecule has 1 aromatic heterocycles. The van der Waals surface area contributed by atoms with E-state index in [1.807, 2.05) is 20.1 Å². The maximum Gasteiger partial charge on any atom is 0.256 e. The molecule has 1 aromatic rings. The number of hydrogen-bond donors (Lipinski definition) is 2. The van der Waals surface area contributed by atoms with Crippen molar-refractivity contribution in [3.05, 3.63) is 16.4 Å². The molecule has 0 bridgehead atoms. The molecule has 1 rings (SSSR count). The Kier molecular flexibility index (Phi) is 5.91. The molecule has 2 N–H and O–H groups in total. The first-order chi connectivity index (χ1) is 9.19. The molecule has 114 valence electrons. The molecule has 0 aliphatic carbocycles. The third-order valence-electron chi connectivity index (χ3n) is 2.86. The third-order valence-corrected chi connectivity index (χ3v) is 4.21. The fourth-order valence-corrected chi connectivity index (χ4v) is 2.80. The van der Waals surface area contributed by atoms with E-state index in [1.54, 1.807) is 14.0 Å². The molecule has 0 saturated carbocycles. The summed E-state index contributed by atoms with van der Waals surface area (Å²) in [6.45, 7) is 5.78. The summed E-state index contributed by atoms with van der Waals surface area (Å²) in [5.41, 5.74) is 0.116. The average Bonchev–Trinajstić information content (AvgIpc) is 2.63. The molecule has 5 nitrogen and oxygen atoms in total. The van der Waals surface area contributed by atoms with Crippen LogP contribution < -0.4 is 5.32 Å². The first-order valence-electron chi connectivity index (χ1n) is 6.41. The number of aliphatic hydroxyl groups is 1. The lowest BCUT2D eigenvalue weighted by Gasteiger charge is -2.22. The van der Waals surface area contributed by atoms with Crippen molar-refractivity contribution in [2.24, 2.45) is 7.05 Å². The fourth-order valence-electron chi connectivity index (χ4n) is 1.86. The molecule has 20 heavy (non-hydrogen) atoms. The van der Waals surface area contributed by atoms with Gasteiger partial charge in [0.25, 0.3) is 5.91 Å². The first-order valence-corrected chi connectivity index (χ1v) is 8.18. The minimum Gasteiger partial charge on any atom is -0.387 e. The Morgan fingerprint density at radius 3 is 2.70 bits per heavy atom. The summed E-state index contributed by atoms with van der Waals surface area (Å²) >= 11 is 7.66. The highest BCUT2D eigenvalue weighted by molar-refractivity contribution is 7.98. The highest BCUT2D eigenvalue weighted by Crippen LogP contribution is 2.25. The lowest BCUT2D eigenvalue weighted by molar-refractivity contribution is 0.0724. The number of carbonyl (C=O) groups excluding carboxylic acids is 1. The summed E-state index contributed by atoms with van der Waals surface area (Å²) < 4.78 is 1.49. The lowest BCUT2D eigenvalue weighted by atomic mass is 10.1. The number of thioether (sulfide) groups is 1. The number of amides is 1. The van der Waals surface area contributed by atoms with Crippen molar-refractivity contribution in [1.29, 1.82) is 0 Å². The van der Waals surface area contributed by atoms with Crippen LogP contribution in [-0.4, -0.2) is 44.9 Å². The van der Waals surface area contributed by atoms with Crippen molar-refractivity contribution in [2.45, 2.75) is 32.3 Å². The van der Waals surface area contributed by atoms with E-state index in [2.05, 4.69) is 10.4 Å². The van der Waals surface area contributed by atoms with Crippen LogP contribution in [-0.2, 0) is 7.05 Å². The number of hydrogen-bond acceptors (Lipinski definition) is 4. The van der Waals surface area contributed by atoms with Crippen LogP contribution in [0.4, 0.5) is 0 Å². The Bertz CT molecular complexity index is 486. The lowest BCUT2D eigenvalue weighted by Crippen LogP contribution is -2.42. The van der Waals surface area contributed by atoms with Gasteiger partial charge in [0.15, 0.2) is 0 Å². The summed E-state index contributed by atoms with van der Waals surface area (Å²) in [7, 11) is 1.70. The van der Waals surface area contributed by atoms with Crippen LogP contribution in [0.3, 0.4) is 0 Å². The second-order valence-electron chi connectivity index (χ2n) is 5.44. The Labute approximate surface area is 129 Å². The van der Waals surface area contributed by atoms with Crippen molar-refractivity contribution in [1.82, 2.24) is 15.1 Å². The van der Waals surface area contributed by atoms with Crippen molar-refractivity contribution in [2.75, 3.05) is 18.6 Å². The molecule has 1 atom stereocenters. The van der Waals surface area contributed by atoms with E-state index in [4.69, 9.17) is 11.6 Å². The third kappa shape index (κ3) is 4.14. The van der Waals surface area contributed by atoms with Crippen LogP contribution in [0.15, 0.2) is 0 Å². The number of rotatable bonds is 6. The normalized spacial score (nSPS) is 14.4. The van der Waals surface area contributed by atoms with Crippen molar-refractivity contribution < 1.29 is 9.90 Å². The molecule has 0 fully saturated rings. The SMILES string of the molecule is CSCC(C)(O)CNC(=O)c1c(C(C)C)nn(C)c1Cl. The quantitative estimate of drug-likeness (QED) is 0.842. The van der Waals surface area contributed by atoms with Gasteiger partial charge >= 0.3 is 0 Å². The van der Waals surface area contributed by atoms with E-state index in [1.165, 1.54) is 16.4 Å². The van der Waals surface area contributed by atoms with E-state index < -0.39 is 5.60 Å². The summed E-state index contributed by atoms with van der Waals surface area (Å²) in [6, 6.07) is 0. The number of aryl methyl sites for hydroxylation is 1. The molecule has 0 saturated heterocycles. The van der Waals surface area contributed by atoms with Crippen molar-refractivity contribution >= 4 is 29.3 Å². The zero-order valence-electron chi connectivity index (χ0n) is 12.5. The molecule has 0 spiro atoms. The van der Waals surface area contributed by atoms with Crippen molar-refractivity contribution in [3.63, 3.8) is 0 Å². The maximum atomic E-state index is 12.3. The molecular weight excluding hydrogens is 298 g/mol. The van der Waals surface area contributed by atoms with Gasteiger partial charge in [-0.2, -0.15) is 16.9 Å². The van der Waals surface area contributed by atoms with Crippen LogP contribution in [0.2, 0.25) is 5.15 Å². The van der Waals surface area contributed by atoms with Gasteiger partial charge in [-0.05, 0) is 19.1 Å². The average molecular weight is 320 g/mol. The molecule has 0 aromatic carbocycles. The summed E-state index contributed by atoms with van der Waals surface area (Å²) in [4.78, 5) is 12.3. The van der Waals surface area contributed by atoms with Crippen LogP contribution in [0, 0.1) is 0 Å². The van der Waals surface area contributed by atoms with E-state index >= 15 is 0 Å². The van der Waals surface area contributed by atoms with Crippen LogP contribution >= 0.6 is 23.4 Å². The molecule has 7 heteroatoms. The Balaban J connectivity index is 2.88. The minimum absolute atomic E-state index is 0.0983. The van der Waals surface area contributed by atoms with Crippen LogP contribution in [0.1, 0.15) is 42.7 Å². The predicted molar refractivity (Wildman–Crippen MR) is 83.6 cm³/mol. The van der Waals surface area contributed by atoms with Gasteiger partial charge in [-0.3, -0.25) is 9.48 Å². The highest BCUT2D eigenvalue weighted by Gasteiger charge is 2.26. The van der Waals surface area contributed by atoms with E-state index in [-0.39, 0.29) is 18.4 Å². The van der Waals surface area contributed by atoms with E-state index in [0.717, 1.165) is 0 Å². The molecule has 0 aliphatic heterocycles. The van der Waals surface area contributed by atoms with Gasteiger partial charge in [0.05, 0.1) is 16.9 Å².